The maximum Gasteiger partial charge on any atom is 0.273 e. The third-order valence-corrected chi connectivity index (χ3v) is 7.15. The lowest BCUT2D eigenvalue weighted by Gasteiger charge is -2.32. The summed E-state index contributed by atoms with van der Waals surface area (Å²) in [5.74, 6) is 0.273. The lowest BCUT2D eigenvalue weighted by Crippen LogP contribution is -2.43. The number of benzene rings is 1. The molecule has 1 aromatic carbocycles. The molecule has 0 radical (unpaired) electrons. The van der Waals surface area contributed by atoms with Crippen molar-refractivity contribution < 1.29 is 17.7 Å². The van der Waals surface area contributed by atoms with Crippen LogP contribution in [0.3, 0.4) is 0 Å². The van der Waals surface area contributed by atoms with E-state index < -0.39 is 10.0 Å². The van der Waals surface area contributed by atoms with Gasteiger partial charge < -0.3 is 9.84 Å². The molecule has 3 rings (SSSR count). The van der Waals surface area contributed by atoms with Crippen LogP contribution in [0.2, 0.25) is 5.02 Å². The van der Waals surface area contributed by atoms with Crippen LogP contribution in [-0.4, -0.2) is 43.4 Å². The fourth-order valence-corrected chi connectivity index (χ4v) is 5.25. The number of sulfonamides is 1. The monoisotopic (exact) mass is 411 g/mol. The van der Waals surface area contributed by atoms with Gasteiger partial charge in [0.15, 0.2) is 5.69 Å². The van der Waals surface area contributed by atoms with Gasteiger partial charge in [0.05, 0.1) is 4.90 Å². The minimum Gasteiger partial charge on any atom is -0.361 e. The van der Waals surface area contributed by atoms with E-state index in [0.29, 0.717) is 36.0 Å². The molecule has 0 bridgehead atoms. The number of hydrogen-bond donors (Lipinski definition) is 1. The predicted molar refractivity (Wildman–Crippen MR) is 101 cm³/mol. The van der Waals surface area contributed by atoms with Crippen LogP contribution in [0.5, 0.6) is 0 Å². The Morgan fingerprint density at radius 2 is 2.19 bits per heavy atom. The summed E-state index contributed by atoms with van der Waals surface area (Å²) >= 11 is 6.09. The van der Waals surface area contributed by atoms with Crippen molar-refractivity contribution in [2.24, 2.45) is 5.92 Å². The summed E-state index contributed by atoms with van der Waals surface area (Å²) in [6.45, 7) is 4.61. The van der Waals surface area contributed by atoms with E-state index in [1.807, 2.05) is 0 Å². The van der Waals surface area contributed by atoms with E-state index in [4.69, 9.17) is 16.1 Å². The molecule has 2 aromatic rings. The molecule has 0 saturated carbocycles. The van der Waals surface area contributed by atoms with Gasteiger partial charge in [-0.15, -0.1) is 0 Å². The van der Waals surface area contributed by atoms with E-state index in [0.717, 1.165) is 12.8 Å². The Bertz CT molecular complexity index is 942. The largest absolute Gasteiger partial charge is 0.361 e. The van der Waals surface area contributed by atoms with E-state index in [1.165, 1.54) is 4.31 Å². The van der Waals surface area contributed by atoms with Crippen molar-refractivity contribution in [3.63, 3.8) is 0 Å². The fourth-order valence-electron chi connectivity index (χ4n) is 3.22. The van der Waals surface area contributed by atoms with Gasteiger partial charge in [0.2, 0.25) is 10.0 Å². The molecule has 0 spiro atoms. The van der Waals surface area contributed by atoms with Crippen molar-refractivity contribution >= 4 is 27.5 Å². The molecule has 1 aliphatic rings. The van der Waals surface area contributed by atoms with E-state index in [9.17, 15) is 13.2 Å². The number of nitrogens with one attached hydrogen (secondary N) is 1. The number of hydrogen-bond acceptors (Lipinski definition) is 5. The molecule has 1 amide bonds. The third-order valence-electron chi connectivity index (χ3n) is 4.73. The maximum absolute atomic E-state index is 13.0. The number of piperidine rings is 1. The third kappa shape index (κ3) is 4.34. The lowest BCUT2D eigenvalue weighted by molar-refractivity contribution is 0.0932. The van der Waals surface area contributed by atoms with Crippen LogP contribution < -0.4 is 5.32 Å². The first-order chi connectivity index (χ1) is 12.8. The molecule has 1 fully saturated rings. The molecule has 1 saturated heterocycles. The van der Waals surface area contributed by atoms with Crippen molar-refractivity contribution in [1.29, 1.82) is 0 Å². The summed E-state index contributed by atoms with van der Waals surface area (Å²) in [6, 6.07) is 6.46. The summed E-state index contributed by atoms with van der Waals surface area (Å²) in [6.07, 6.45) is 1.58. The number of carbonyl (C=O) groups is 1. The van der Waals surface area contributed by atoms with Crippen molar-refractivity contribution in [3.05, 3.63) is 46.3 Å². The van der Waals surface area contributed by atoms with Gasteiger partial charge in [-0.2, -0.15) is 4.31 Å². The van der Waals surface area contributed by atoms with Crippen LogP contribution in [0.25, 0.3) is 0 Å². The van der Waals surface area contributed by atoms with E-state index in [2.05, 4.69) is 10.5 Å². The Morgan fingerprint density at radius 3 is 2.89 bits per heavy atom. The van der Waals surface area contributed by atoms with Crippen molar-refractivity contribution in [2.45, 2.75) is 31.6 Å². The first-order valence-electron chi connectivity index (χ1n) is 8.76. The first-order valence-corrected chi connectivity index (χ1v) is 10.6. The molecule has 7 nitrogen and oxygen atoms in total. The maximum atomic E-state index is 13.0. The smallest absolute Gasteiger partial charge is 0.273 e. The zero-order valence-electron chi connectivity index (χ0n) is 15.2. The topological polar surface area (TPSA) is 92.5 Å². The van der Waals surface area contributed by atoms with Crippen LogP contribution in [0.1, 0.15) is 34.7 Å². The highest BCUT2D eigenvalue weighted by molar-refractivity contribution is 7.89. The average molecular weight is 412 g/mol. The molecule has 1 atom stereocenters. The van der Waals surface area contributed by atoms with Crippen LogP contribution >= 0.6 is 11.6 Å². The van der Waals surface area contributed by atoms with Gasteiger partial charge in [0.25, 0.3) is 5.91 Å². The Kier molecular flexibility index (Phi) is 5.88. The zero-order chi connectivity index (χ0) is 19.6. The first kappa shape index (κ1) is 19.9. The number of nitrogens with zero attached hydrogens (tertiary/aromatic N) is 2. The average Bonchev–Trinajstić information content (AvgIpc) is 3.08. The Balaban J connectivity index is 1.66. The molecule has 1 aliphatic heterocycles. The highest BCUT2D eigenvalue weighted by atomic mass is 35.5. The molecular formula is C18H22ClN3O4S. The molecular weight excluding hydrogens is 390 g/mol. The van der Waals surface area contributed by atoms with Crippen molar-refractivity contribution in [1.82, 2.24) is 14.8 Å². The Labute approximate surface area is 163 Å². The Morgan fingerprint density at radius 1 is 1.41 bits per heavy atom. The molecule has 146 valence electrons. The van der Waals surface area contributed by atoms with Crippen LogP contribution in [0, 0.1) is 19.8 Å². The quantitative estimate of drug-likeness (QED) is 0.816. The van der Waals surface area contributed by atoms with Gasteiger partial charge >= 0.3 is 0 Å². The second kappa shape index (κ2) is 8.00. The summed E-state index contributed by atoms with van der Waals surface area (Å²) in [4.78, 5) is 12.3. The van der Waals surface area contributed by atoms with E-state index >= 15 is 0 Å². The lowest BCUT2D eigenvalue weighted by atomic mass is 10.00. The molecule has 1 N–H and O–H groups in total. The van der Waals surface area contributed by atoms with E-state index in [1.54, 1.807) is 38.1 Å². The zero-order valence-corrected chi connectivity index (χ0v) is 16.8. The fraction of sp³-hybridized carbons (Fsp3) is 0.444. The van der Waals surface area contributed by atoms with Gasteiger partial charge in [0.1, 0.15) is 5.76 Å². The summed E-state index contributed by atoms with van der Waals surface area (Å²) in [5, 5.41) is 6.93. The minimum atomic E-state index is -3.63. The summed E-state index contributed by atoms with van der Waals surface area (Å²) < 4.78 is 32.4. The normalized spacial score (nSPS) is 18.4. The SMILES string of the molecule is Cc1cc(C(=O)NCC2CCCN(S(=O)(=O)c3cccc(Cl)c3C)C2)no1. The minimum absolute atomic E-state index is 0.0324. The number of aromatic nitrogens is 1. The van der Waals surface area contributed by atoms with Gasteiger partial charge in [-0.05, 0) is 50.3 Å². The number of halogens is 1. The number of carbonyl (C=O) groups excluding carboxylic acids is 1. The number of aryl methyl sites for hydroxylation is 1. The molecule has 1 aromatic heterocycles. The molecule has 27 heavy (non-hydrogen) atoms. The van der Waals surface area contributed by atoms with Gasteiger partial charge in [0, 0.05) is 30.7 Å². The standard InChI is InChI=1S/C18H22ClN3O4S/c1-12-9-16(21-26-12)18(23)20-10-14-5-4-8-22(11-14)27(24,25)17-7-3-6-15(19)13(17)2/h3,6-7,9,14H,4-5,8,10-11H2,1-2H3,(H,20,23). The molecule has 2 heterocycles. The Hall–Kier alpha value is -1.90. The number of amides is 1. The van der Waals surface area contributed by atoms with Gasteiger partial charge in [-0.3, -0.25) is 4.79 Å². The van der Waals surface area contributed by atoms with Crippen LogP contribution in [-0.2, 0) is 10.0 Å². The molecule has 1 unspecified atom stereocenters. The van der Waals surface area contributed by atoms with Gasteiger partial charge in [-0.1, -0.05) is 22.8 Å². The van der Waals surface area contributed by atoms with E-state index in [-0.39, 0.29) is 22.4 Å². The summed E-state index contributed by atoms with van der Waals surface area (Å²) in [7, 11) is -3.63. The second-order valence-corrected chi connectivity index (χ2v) is 9.08. The molecule has 9 heteroatoms. The van der Waals surface area contributed by atoms with Gasteiger partial charge in [-0.25, -0.2) is 8.42 Å². The van der Waals surface area contributed by atoms with Crippen molar-refractivity contribution in [2.75, 3.05) is 19.6 Å². The highest BCUT2D eigenvalue weighted by Crippen LogP contribution is 2.28. The predicted octanol–water partition coefficient (Wildman–Crippen LogP) is 2.78. The van der Waals surface area contributed by atoms with Crippen LogP contribution in [0.15, 0.2) is 33.7 Å². The van der Waals surface area contributed by atoms with Crippen molar-refractivity contribution in [3.8, 4) is 0 Å². The second-order valence-electron chi connectivity index (χ2n) is 6.77. The number of rotatable bonds is 5. The highest BCUT2D eigenvalue weighted by Gasteiger charge is 2.31. The molecule has 0 aliphatic carbocycles. The summed E-state index contributed by atoms with van der Waals surface area (Å²) in [5.41, 5.74) is 0.776. The van der Waals surface area contributed by atoms with Crippen LogP contribution in [0.4, 0.5) is 0 Å².